The number of amides is 1. The van der Waals surface area contributed by atoms with Crippen LogP contribution in [-0.2, 0) is 11.2 Å². The molecule has 7 heteroatoms. The van der Waals surface area contributed by atoms with Gasteiger partial charge < -0.3 is 10.0 Å². The van der Waals surface area contributed by atoms with Gasteiger partial charge in [-0.15, -0.1) is 5.10 Å². The van der Waals surface area contributed by atoms with E-state index in [-0.39, 0.29) is 5.82 Å². The second kappa shape index (κ2) is 5.16. The lowest BCUT2D eigenvalue weighted by Crippen LogP contribution is -2.40. The molecule has 2 N–H and O–H groups in total. The second-order valence-electron chi connectivity index (χ2n) is 4.35. The van der Waals surface area contributed by atoms with Crippen molar-refractivity contribution in [1.82, 2.24) is 20.1 Å². The van der Waals surface area contributed by atoms with Gasteiger partial charge in [-0.25, -0.2) is 9.78 Å². The van der Waals surface area contributed by atoms with Crippen molar-refractivity contribution in [2.75, 3.05) is 6.54 Å². The number of hydrogen-bond acceptors (Lipinski definition) is 4. The minimum Gasteiger partial charge on any atom is -0.480 e. The van der Waals surface area contributed by atoms with Crippen LogP contribution in [0, 0.1) is 0 Å². The zero-order valence-corrected chi connectivity index (χ0v) is 10.2. The Bertz CT molecular complexity index is 457. The molecule has 1 aromatic rings. The molecule has 1 amide bonds. The SMILES string of the molecule is CCCc1nc(C(=O)N2CCC[C@H]2C(=O)O)n[nH]1. The first-order valence-electron chi connectivity index (χ1n) is 6.08. The number of aromatic amines is 1. The van der Waals surface area contributed by atoms with Gasteiger partial charge in [-0.1, -0.05) is 6.92 Å². The summed E-state index contributed by atoms with van der Waals surface area (Å²) >= 11 is 0. The fourth-order valence-electron chi connectivity index (χ4n) is 2.13. The van der Waals surface area contributed by atoms with E-state index in [0.717, 1.165) is 12.8 Å². The molecule has 0 spiro atoms. The smallest absolute Gasteiger partial charge is 0.326 e. The van der Waals surface area contributed by atoms with E-state index < -0.39 is 17.9 Å². The number of hydrogen-bond donors (Lipinski definition) is 2. The molecule has 0 bridgehead atoms. The summed E-state index contributed by atoms with van der Waals surface area (Å²) in [6.07, 6.45) is 2.83. The Morgan fingerprint density at radius 2 is 2.33 bits per heavy atom. The van der Waals surface area contributed by atoms with E-state index >= 15 is 0 Å². The first kappa shape index (κ1) is 12.5. The third-order valence-corrected chi connectivity index (χ3v) is 3.01. The van der Waals surface area contributed by atoms with E-state index in [0.29, 0.717) is 25.2 Å². The first-order chi connectivity index (χ1) is 8.63. The van der Waals surface area contributed by atoms with E-state index in [9.17, 15) is 9.59 Å². The van der Waals surface area contributed by atoms with Crippen molar-refractivity contribution >= 4 is 11.9 Å². The van der Waals surface area contributed by atoms with Crippen molar-refractivity contribution < 1.29 is 14.7 Å². The molecule has 7 nitrogen and oxygen atoms in total. The summed E-state index contributed by atoms with van der Waals surface area (Å²) in [6.45, 7) is 2.46. The lowest BCUT2D eigenvalue weighted by atomic mass is 10.2. The third kappa shape index (κ3) is 2.34. The fraction of sp³-hybridized carbons (Fsp3) is 0.636. The van der Waals surface area contributed by atoms with Gasteiger partial charge in [-0.2, -0.15) is 0 Å². The summed E-state index contributed by atoms with van der Waals surface area (Å²) in [5, 5.41) is 15.6. The van der Waals surface area contributed by atoms with Gasteiger partial charge in [0.2, 0.25) is 5.82 Å². The number of aromatic nitrogens is 3. The molecular weight excluding hydrogens is 236 g/mol. The number of carbonyl (C=O) groups is 2. The Labute approximate surface area is 104 Å². The van der Waals surface area contributed by atoms with Gasteiger partial charge in [0.25, 0.3) is 5.91 Å². The minimum absolute atomic E-state index is 0.0617. The number of nitrogens with zero attached hydrogens (tertiary/aromatic N) is 3. The zero-order valence-electron chi connectivity index (χ0n) is 10.2. The van der Waals surface area contributed by atoms with Crippen molar-refractivity contribution in [2.24, 2.45) is 0 Å². The normalized spacial score (nSPS) is 19.2. The van der Waals surface area contributed by atoms with Crippen molar-refractivity contribution in [2.45, 2.75) is 38.6 Å². The van der Waals surface area contributed by atoms with Crippen LogP contribution in [-0.4, -0.2) is 49.7 Å². The number of carboxylic acids is 1. The van der Waals surface area contributed by atoms with E-state index in [1.807, 2.05) is 6.92 Å². The first-order valence-corrected chi connectivity index (χ1v) is 6.08. The van der Waals surface area contributed by atoms with Crippen molar-refractivity contribution in [3.8, 4) is 0 Å². The van der Waals surface area contributed by atoms with Gasteiger partial charge in [-0.05, 0) is 19.3 Å². The quantitative estimate of drug-likeness (QED) is 0.810. The highest BCUT2D eigenvalue weighted by Crippen LogP contribution is 2.19. The number of nitrogens with one attached hydrogen (secondary N) is 1. The molecule has 0 saturated carbocycles. The summed E-state index contributed by atoms with van der Waals surface area (Å²) < 4.78 is 0. The lowest BCUT2D eigenvalue weighted by molar-refractivity contribution is -0.141. The van der Waals surface area contributed by atoms with Crippen LogP contribution >= 0.6 is 0 Å². The Morgan fingerprint density at radius 3 is 3.00 bits per heavy atom. The molecule has 1 aliphatic heterocycles. The Hall–Kier alpha value is -1.92. The van der Waals surface area contributed by atoms with Crippen molar-refractivity contribution in [3.63, 3.8) is 0 Å². The Morgan fingerprint density at radius 1 is 1.56 bits per heavy atom. The summed E-state index contributed by atoms with van der Waals surface area (Å²) in [4.78, 5) is 28.5. The molecule has 0 radical (unpaired) electrons. The number of aryl methyl sites for hydroxylation is 1. The molecular formula is C11H16N4O3. The summed E-state index contributed by atoms with van der Waals surface area (Å²) in [5.74, 6) is -0.651. The molecule has 1 aromatic heterocycles. The van der Waals surface area contributed by atoms with Gasteiger partial charge in [0.1, 0.15) is 11.9 Å². The van der Waals surface area contributed by atoms with Crippen LogP contribution in [0.2, 0.25) is 0 Å². The third-order valence-electron chi connectivity index (χ3n) is 3.01. The lowest BCUT2D eigenvalue weighted by Gasteiger charge is -2.19. The molecule has 1 saturated heterocycles. The number of carboxylic acid groups (broad SMARTS) is 1. The predicted molar refractivity (Wildman–Crippen MR) is 62.1 cm³/mol. The second-order valence-corrected chi connectivity index (χ2v) is 4.35. The van der Waals surface area contributed by atoms with Gasteiger partial charge in [0, 0.05) is 13.0 Å². The van der Waals surface area contributed by atoms with Crippen molar-refractivity contribution in [1.29, 1.82) is 0 Å². The Balaban J connectivity index is 2.12. The van der Waals surface area contributed by atoms with Gasteiger partial charge >= 0.3 is 5.97 Å². The molecule has 0 unspecified atom stereocenters. The summed E-state index contributed by atoms with van der Waals surface area (Å²) in [6, 6.07) is -0.745. The van der Waals surface area contributed by atoms with Crippen LogP contribution in [0.5, 0.6) is 0 Å². The highest BCUT2D eigenvalue weighted by molar-refractivity contribution is 5.93. The highest BCUT2D eigenvalue weighted by atomic mass is 16.4. The van der Waals surface area contributed by atoms with E-state index in [4.69, 9.17) is 5.11 Å². The number of aliphatic carboxylic acids is 1. The molecule has 2 rings (SSSR count). The molecule has 1 atom stereocenters. The maximum Gasteiger partial charge on any atom is 0.326 e. The van der Waals surface area contributed by atoms with Gasteiger partial charge in [0.05, 0.1) is 0 Å². The monoisotopic (exact) mass is 252 g/mol. The average Bonchev–Trinajstić information content (AvgIpc) is 2.96. The molecule has 2 heterocycles. The zero-order chi connectivity index (χ0) is 13.1. The standard InChI is InChI=1S/C11H16N4O3/c1-2-4-8-12-9(14-13-8)10(16)15-6-3-5-7(15)11(17)18/h7H,2-6H2,1H3,(H,17,18)(H,12,13,14)/t7-/m0/s1. The van der Waals surface area contributed by atoms with Crippen LogP contribution in [0.1, 0.15) is 42.6 Å². The fourth-order valence-corrected chi connectivity index (χ4v) is 2.13. The maximum atomic E-state index is 12.1. The summed E-state index contributed by atoms with van der Waals surface area (Å²) in [7, 11) is 0. The molecule has 18 heavy (non-hydrogen) atoms. The van der Waals surface area contributed by atoms with Crippen LogP contribution in [0.4, 0.5) is 0 Å². The molecule has 1 aliphatic rings. The van der Waals surface area contributed by atoms with Crippen LogP contribution < -0.4 is 0 Å². The maximum absolute atomic E-state index is 12.1. The Kier molecular flexibility index (Phi) is 3.59. The molecule has 0 aliphatic carbocycles. The van der Waals surface area contributed by atoms with Crippen molar-refractivity contribution in [3.05, 3.63) is 11.6 Å². The number of H-pyrrole nitrogens is 1. The molecule has 1 fully saturated rings. The van der Waals surface area contributed by atoms with Crippen LogP contribution in [0.15, 0.2) is 0 Å². The minimum atomic E-state index is -0.967. The number of carbonyl (C=O) groups excluding carboxylic acids is 1. The molecule has 0 aromatic carbocycles. The summed E-state index contributed by atoms with van der Waals surface area (Å²) in [5.41, 5.74) is 0. The number of likely N-dealkylation sites (tertiary alicyclic amines) is 1. The van der Waals surface area contributed by atoms with Gasteiger partial charge in [0.15, 0.2) is 0 Å². The van der Waals surface area contributed by atoms with E-state index in [1.54, 1.807) is 0 Å². The topological polar surface area (TPSA) is 99.2 Å². The number of rotatable bonds is 4. The highest BCUT2D eigenvalue weighted by Gasteiger charge is 2.35. The van der Waals surface area contributed by atoms with Crippen LogP contribution in [0.3, 0.4) is 0 Å². The van der Waals surface area contributed by atoms with E-state index in [2.05, 4.69) is 15.2 Å². The van der Waals surface area contributed by atoms with E-state index in [1.165, 1.54) is 4.90 Å². The van der Waals surface area contributed by atoms with Crippen LogP contribution in [0.25, 0.3) is 0 Å². The largest absolute Gasteiger partial charge is 0.480 e. The predicted octanol–water partition coefficient (Wildman–Crippen LogP) is 0.446. The van der Waals surface area contributed by atoms with Gasteiger partial charge in [-0.3, -0.25) is 9.89 Å². The average molecular weight is 252 g/mol. The molecule has 98 valence electrons.